The molecule has 19 heavy (non-hydrogen) atoms. The first-order chi connectivity index (χ1) is 9.00. The van der Waals surface area contributed by atoms with Gasteiger partial charge in [0.15, 0.2) is 0 Å². The minimum absolute atomic E-state index is 0.279. The summed E-state index contributed by atoms with van der Waals surface area (Å²) in [7, 11) is 1.72. The summed E-state index contributed by atoms with van der Waals surface area (Å²) in [6.07, 6.45) is 1.18. The van der Waals surface area contributed by atoms with E-state index in [1.54, 1.807) is 7.11 Å². The Labute approximate surface area is 116 Å². The average molecular weight is 262 g/mol. The third-order valence-electron chi connectivity index (χ3n) is 3.86. The lowest BCUT2D eigenvalue weighted by atomic mass is 9.86. The molecule has 0 spiro atoms. The highest BCUT2D eigenvalue weighted by atomic mass is 16.5. The molecule has 3 nitrogen and oxygen atoms in total. The quantitative estimate of drug-likeness (QED) is 0.887. The molecule has 1 N–H and O–H groups in total. The lowest BCUT2D eigenvalue weighted by molar-refractivity contribution is 0.280. The van der Waals surface area contributed by atoms with Gasteiger partial charge in [0.2, 0.25) is 0 Å². The first-order valence-corrected chi connectivity index (χ1v) is 7.13. The number of methoxy groups -OCH3 is 1. The van der Waals surface area contributed by atoms with Crippen LogP contribution in [0.25, 0.3) is 0 Å². The molecule has 1 aromatic rings. The highest BCUT2D eigenvalue weighted by Crippen LogP contribution is 2.26. The number of hydrogen-bond acceptors (Lipinski definition) is 3. The van der Waals surface area contributed by atoms with E-state index in [0.29, 0.717) is 6.04 Å². The fourth-order valence-corrected chi connectivity index (χ4v) is 2.54. The maximum absolute atomic E-state index is 5.33. The molecular formula is C16H26N2O. The van der Waals surface area contributed by atoms with Crippen LogP contribution in [0.1, 0.15) is 27.2 Å². The van der Waals surface area contributed by atoms with Gasteiger partial charge >= 0.3 is 0 Å². The van der Waals surface area contributed by atoms with Crippen molar-refractivity contribution < 1.29 is 4.74 Å². The molecular weight excluding hydrogens is 236 g/mol. The number of ether oxygens (including phenoxy) is 1. The predicted molar refractivity (Wildman–Crippen MR) is 81.1 cm³/mol. The van der Waals surface area contributed by atoms with Crippen LogP contribution in [-0.2, 0) is 0 Å². The molecule has 1 aliphatic rings. The van der Waals surface area contributed by atoms with Crippen molar-refractivity contribution in [1.29, 1.82) is 0 Å². The lowest BCUT2D eigenvalue weighted by Gasteiger charge is -2.34. The van der Waals surface area contributed by atoms with Gasteiger partial charge < -0.3 is 15.0 Å². The first-order valence-electron chi connectivity index (χ1n) is 7.13. The van der Waals surface area contributed by atoms with E-state index in [0.717, 1.165) is 25.4 Å². The lowest BCUT2D eigenvalue weighted by Crippen LogP contribution is -2.46. The average Bonchev–Trinajstić information content (AvgIpc) is 2.64. The molecule has 0 amide bonds. The van der Waals surface area contributed by atoms with E-state index < -0.39 is 0 Å². The van der Waals surface area contributed by atoms with Crippen molar-refractivity contribution in [2.24, 2.45) is 5.41 Å². The zero-order valence-electron chi connectivity index (χ0n) is 12.6. The summed E-state index contributed by atoms with van der Waals surface area (Å²) in [5.41, 5.74) is 1.54. The zero-order valence-corrected chi connectivity index (χ0v) is 12.6. The summed E-state index contributed by atoms with van der Waals surface area (Å²) < 4.78 is 5.33. The van der Waals surface area contributed by atoms with Gasteiger partial charge in [-0.1, -0.05) is 26.8 Å². The fourth-order valence-electron chi connectivity index (χ4n) is 2.54. The van der Waals surface area contributed by atoms with Crippen LogP contribution < -0.4 is 15.0 Å². The van der Waals surface area contributed by atoms with Crippen molar-refractivity contribution in [3.05, 3.63) is 24.3 Å². The largest absolute Gasteiger partial charge is 0.497 e. The number of anilines is 1. The predicted octanol–water partition coefficient (Wildman–Crippen LogP) is 2.91. The Bertz CT molecular complexity index is 411. The Morgan fingerprint density at radius 3 is 2.79 bits per heavy atom. The van der Waals surface area contributed by atoms with Gasteiger partial charge in [0.1, 0.15) is 5.75 Å². The first kappa shape index (κ1) is 14.2. The van der Waals surface area contributed by atoms with Crippen molar-refractivity contribution in [3.8, 4) is 5.75 Å². The normalized spacial score (nSPS) is 21.1. The van der Waals surface area contributed by atoms with E-state index >= 15 is 0 Å². The number of nitrogens with one attached hydrogen (secondary N) is 1. The van der Waals surface area contributed by atoms with Crippen molar-refractivity contribution in [2.75, 3.05) is 31.6 Å². The molecule has 2 rings (SSSR count). The number of rotatable bonds is 2. The van der Waals surface area contributed by atoms with Crippen LogP contribution in [0.3, 0.4) is 0 Å². The minimum Gasteiger partial charge on any atom is -0.497 e. The molecule has 0 aliphatic carbocycles. The zero-order chi connectivity index (χ0) is 13.9. The molecule has 106 valence electrons. The molecule has 1 aromatic carbocycles. The van der Waals surface area contributed by atoms with Gasteiger partial charge in [0, 0.05) is 30.9 Å². The summed E-state index contributed by atoms with van der Waals surface area (Å²) in [4.78, 5) is 2.47. The molecule has 3 heteroatoms. The smallest absolute Gasteiger partial charge is 0.120 e. The second kappa shape index (κ2) is 5.83. The van der Waals surface area contributed by atoms with Crippen molar-refractivity contribution >= 4 is 5.69 Å². The maximum atomic E-state index is 5.33. The molecule has 0 saturated carbocycles. The second-order valence-electron chi connectivity index (χ2n) is 6.37. The molecule has 0 bridgehead atoms. The van der Waals surface area contributed by atoms with Crippen LogP contribution in [0.4, 0.5) is 5.69 Å². The summed E-state index contributed by atoms with van der Waals surface area (Å²) in [6, 6.07) is 8.89. The Kier molecular flexibility index (Phi) is 4.35. The Morgan fingerprint density at radius 2 is 2.11 bits per heavy atom. The second-order valence-corrected chi connectivity index (χ2v) is 6.37. The topological polar surface area (TPSA) is 24.5 Å². The third kappa shape index (κ3) is 3.63. The van der Waals surface area contributed by atoms with Crippen LogP contribution in [-0.4, -0.2) is 32.8 Å². The number of nitrogens with zero attached hydrogens (tertiary/aromatic N) is 1. The van der Waals surface area contributed by atoms with Crippen molar-refractivity contribution in [3.63, 3.8) is 0 Å². The number of hydrogen-bond donors (Lipinski definition) is 1. The van der Waals surface area contributed by atoms with Crippen molar-refractivity contribution in [2.45, 2.75) is 33.2 Å². The Hall–Kier alpha value is -1.22. The highest BCUT2D eigenvalue weighted by Gasteiger charge is 2.28. The Balaban J connectivity index is 2.17. The summed E-state index contributed by atoms with van der Waals surface area (Å²) in [5, 5.41) is 3.68. The standard InChI is InChI=1S/C16H26N2O/c1-16(2,3)15-12-18(10-6-9-17-15)13-7-5-8-14(11-13)19-4/h5,7-8,11,15,17H,6,9-10,12H2,1-4H3. The van der Waals surface area contributed by atoms with Gasteiger partial charge in [-0.3, -0.25) is 0 Å². The fraction of sp³-hybridized carbons (Fsp3) is 0.625. The molecule has 1 saturated heterocycles. The molecule has 1 fully saturated rings. The third-order valence-corrected chi connectivity index (χ3v) is 3.86. The van der Waals surface area contributed by atoms with E-state index in [1.807, 2.05) is 6.07 Å². The monoisotopic (exact) mass is 262 g/mol. The summed E-state index contributed by atoms with van der Waals surface area (Å²) in [6.45, 7) is 10.2. The van der Waals surface area contributed by atoms with Gasteiger partial charge in [-0.2, -0.15) is 0 Å². The van der Waals surface area contributed by atoms with Crippen LogP contribution in [0.5, 0.6) is 5.75 Å². The molecule has 1 atom stereocenters. The molecule has 1 heterocycles. The van der Waals surface area contributed by atoms with Gasteiger partial charge in [-0.25, -0.2) is 0 Å². The Morgan fingerprint density at radius 1 is 1.32 bits per heavy atom. The van der Waals surface area contributed by atoms with E-state index in [9.17, 15) is 0 Å². The van der Waals surface area contributed by atoms with E-state index in [4.69, 9.17) is 4.74 Å². The van der Waals surface area contributed by atoms with E-state index in [2.05, 4.69) is 49.2 Å². The van der Waals surface area contributed by atoms with Crippen LogP contribution in [0, 0.1) is 5.41 Å². The number of benzene rings is 1. The van der Waals surface area contributed by atoms with Gasteiger partial charge in [0.05, 0.1) is 7.11 Å². The maximum Gasteiger partial charge on any atom is 0.120 e. The summed E-state index contributed by atoms with van der Waals surface area (Å²) in [5.74, 6) is 0.932. The highest BCUT2D eigenvalue weighted by molar-refractivity contribution is 5.51. The van der Waals surface area contributed by atoms with Gasteiger partial charge in [-0.15, -0.1) is 0 Å². The van der Waals surface area contributed by atoms with Crippen molar-refractivity contribution in [1.82, 2.24) is 5.32 Å². The molecule has 0 radical (unpaired) electrons. The van der Waals surface area contributed by atoms with Crippen LogP contribution in [0.15, 0.2) is 24.3 Å². The SMILES string of the molecule is COc1cccc(N2CCCNC(C(C)(C)C)C2)c1. The van der Waals surface area contributed by atoms with Gasteiger partial charge in [-0.05, 0) is 30.5 Å². The van der Waals surface area contributed by atoms with Gasteiger partial charge in [0.25, 0.3) is 0 Å². The van der Waals surface area contributed by atoms with E-state index in [-0.39, 0.29) is 5.41 Å². The molecule has 1 unspecified atom stereocenters. The molecule has 1 aliphatic heterocycles. The van der Waals surface area contributed by atoms with E-state index in [1.165, 1.54) is 12.1 Å². The summed E-state index contributed by atoms with van der Waals surface area (Å²) >= 11 is 0. The van der Waals surface area contributed by atoms with Crippen LogP contribution >= 0.6 is 0 Å². The van der Waals surface area contributed by atoms with Crippen LogP contribution in [0.2, 0.25) is 0 Å². The molecule has 0 aromatic heterocycles. The minimum atomic E-state index is 0.279.